The summed E-state index contributed by atoms with van der Waals surface area (Å²) < 4.78 is 20.0. The second kappa shape index (κ2) is 12.5. The summed E-state index contributed by atoms with van der Waals surface area (Å²) in [4.78, 5) is 15.1. The molecule has 194 valence electrons. The van der Waals surface area contributed by atoms with Gasteiger partial charge in [0.2, 0.25) is 0 Å². The van der Waals surface area contributed by atoms with Gasteiger partial charge in [0, 0.05) is 43.3 Å². The molecule has 4 atom stereocenters. The number of dihydropyridines is 1. The molecule has 1 fully saturated rings. The molecule has 0 radical (unpaired) electrons. The Kier molecular flexibility index (Phi) is 9.93. The summed E-state index contributed by atoms with van der Waals surface area (Å²) in [7, 11) is 5.01. The first-order valence-electron chi connectivity index (χ1n) is 10.8. The summed E-state index contributed by atoms with van der Waals surface area (Å²) in [6.07, 6.45) is 4.44. The predicted octanol–water partition coefficient (Wildman–Crippen LogP) is 1.49. The Morgan fingerprint density at radius 1 is 1.54 bits per heavy atom. The molecular formula is C21H31BrClN7O4S. The molecule has 1 saturated heterocycles. The molecule has 1 aromatic heterocycles. The molecule has 0 spiro atoms. The van der Waals surface area contributed by atoms with E-state index in [1.165, 1.54) is 32.6 Å². The van der Waals surface area contributed by atoms with Crippen molar-refractivity contribution in [2.24, 2.45) is 11.6 Å². The molecule has 0 aliphatic carbocycles. The molecule has 3 unspecified atom stereocenters. The fourth-order valence-electron chi connectivity index (χ4n) is 3.24. The molecule has 2 aliphatic heterocycles. The topological polar surface area (TPSA) is 133 Å². The Morgan fingerprint density at radius 2 is 2.29 bits per heavy atom. The van der Waals surface area contributed by atoms with E-state index in [-0.39, 0.29) is 30.5 Å². The highest BCUT2D eigenvalue weighted by molar-refractivity contribution is 9.11. The number of methoxy groups -OCH3 is 1. The molecular weight excluding hydrogens is 562 g/mol. The number of amides is 1. The van der Waals surface area contributed by atoms with Crippen molar-refractivity contribution in [2.75, 3.05) is 40.9 Å². The number of ether oxygens (including phenoxy) is 3. The van der Waals surface area contributed by atoms with E-state index in [1.54, 1.807) is 33.5 Å². The highest BCUT2D eigenvalue weighted by atomic mass is 79.9. The van der Waals surface area contributed by atoms with Gasteiger partial charge in [-0.3, -0.25) is 4.79 Å². The van der Waals surface area contributed by atoms with E-state index in [0.29, 0.717) is 24.0 Å². The zero-order chi connectivity index (χ0) is 25.7. The third-order valence-corrected chi connectivity index (χ3v) is 7.24. The highest BCUT2D eigenvalue weighted by Crippen LogP contribution is 2.35. The van der Waals surface area contributed by atoms with Crippen LogP contribution in [0.5, 0.6) is 0 Å². The average Bonchev–Trinajstić information content (AvgIpc) is 3.25. The standard InChI is InChI=1S/C21H31BrClN7O4S/c1-12-15(11-33-12)34-21(35-16-7-13(22)8-26-19(16)20(31)28(2)3)14(32-4)9-29(25)10-18(24)30-6-5-17(23)27-30/h5-7,10,12,14-15,21,26H,8-9,11,24-25H2,1-4H3/b18-10+/t12?,14-,15?,21?/m0/s1. The highest BCUT2D eigenvalue weighted by Gasteiger charge is 2.36. The molecule has 0 saturated carbocycles. The predicted molar refractivity (Wildman–Crippen MR) is 140 cm³/mol. The molecule has 14 heteroatoms. The van der Waals surface area contributed by atoms with Gasteiger partial charge in [0.15, 0.2) is 5.15 Å². The maximum atomic E-state index is 12.8. The average molecular weight is 593 g/mol. The SMILES string of the molecule is CO[C@@H](CN(N)/C=C(\N)n1ccc(Cl)n1)C(OC1COC1C)SC1=C(C(=O)N(C)C)NCC(Br)=C1. The van der Waals surface area contributed by atoms with Gasteiger partial charge >= 0.3 is 0 Å². The van der Waals surface area contributed by atoms with Gasteiger partial charge in [-0.2, -0.15) is 5.10 Å². The third kappa shape index (κ3) is 7.38. The molecule has 3 heterocycles. The molecule has 35 heavy (non-hydrogen) atoms. The van der Waals surface area contributed by atoms with Gasteiger partial charge in [-0.25, -0.2) is 10.5 Å². The van der Waals surface area contributed by atoms with Crippen LogP contribution < -0.4 is 16.9 Å². The van der Waals surface area contributed by atoms with Crippen LogP contribution in [0.2, 0.25) is 5.15 Å². The van der Waals surface area contributed by atoms with Crippen molar-refractivity contribution in [1.29, 1.82) is 0 Å². The zero-order valence-corrected chi connectivity index (χ0v) is 23.1. The monoisotopic (exact) mass is 591 g/mol. The number of likely N-dealkylation sites (N-methyl/N-ethyl adjacent to an activating group) is 1. The maximum Gasteiger partial charge on any atom is 0.270 e. The van der Waals surface area contributed by atoms with E-state index in [1.807, 2.05) is 13.0 Å². The van der Waals surface area contributed by atoms with Gasteiger partial charge in [-0.05, 0) is 19.1 Å². The summed E-state index contributed by atoms with van der Waals surface area (Å²) >= 11 is 10.8. The number of aromatic nitrogens is 2. The van der Waals surface area contributed by atoms with Crippen molar-refractivity contribution in [1.82, 2.24) is 25.0 Å². The summed E-state index contributed by atoms with van der Waals surface area (Å²) in [5.41, 5.74) is 6.08. The number of halogens is 2. The van der Waals surface area contributed by atoms with Crippen LogP contribution in [0, 0.1) is 0 Å². The lowest BCUT2D eigenvalue weighted by Crippen LogP contribution is -2.50. The lowest BCUT2D eigenvalue weighted by atomic mass is 10.1. The van der Waals surface area contributed by atoms with Gasteiger partial charge in [-0.1, -0.05) is 39.3 Å². The smallest absolute Gasteiger partial charge is 0.270 e. The minimum absolute atomic E-state index is 0.0479. The van der Waals surface area contributed by atoms with Crippen molar-refractivity contribution in [3.05, 3.63) is 44.8 Å². The van der Waals surface area contributed by atoms with E-state index in [9.17, 15) is 4.79 Å². The fraction of sp³-hybridized carbons (Fsp3) is 0.524. The number of carbonyl (C=O) groups is 1. The molecule has 11 nitrogen and oxygen atoms in total. The van der Waals surface area contributed by atoms with Crippen LogP contribution in [0.3, 0.4) is 0 Å². The molecule has 3 rings (SSSR count). The number of rotatable bonds is 11. The van der Waals surface area contributed by atoms with E-state index < -0.39 is 11.5 Å². The normalized spacial score (nSPS) is 22.1. The van der Waals surface area contributed by atoms with Gasteiger partial charge in [0.05, 0.1) is 25.5 Å². The lowest BCUT2D eigenvalue weighted by molar-refractivity contribution is -0.198. The summed E-state index contributed by atoms with van der Waals surface area (Å²) in [6, 6.07) is 1.62. The Morgan fingerprint density at radius 3 is 2.83 bits per heavy atom. The molecule has 1 amide bonds. The van der Waals surface area contributed by atoms with Crippen LogP contribution in [0.25, 0.3) is 5.82 Å². The number of hydrogen-bond acceptors (Lipinski definition) is 10. The van der Waals surface area contributed by atoms with E-state index >= 15 is 0 Å². The van der Waals surface area contributed by atoms with Crippen LogP contribution in [0.4, 0.5) is 0 Å². The van der Waals surface area contributed by atoms with Crippen molar-refractivity contribution < 1.29 is 19.0 Å². The van der Waals surface area contributed by atoms with Crippen molar-refractivity contribution >= 4 is 51.0 Å². The first-order chi connectivity index (χ1) is 16.6. The van der Waals surface area contributed by atoms with E-state index in [4.69, 9.17) is 37.4 Å². The van der Waals surface area contributed by atoms with Crippen molar-refractivity contribution in [2.45, 2.75) is 30.7 Å². The summed E-state index contributed by atoms with van der Waals surface area (Å²) in [5, 5.41) is 8.97. The van der Waals surface area contributed by atoms with Crippen molar-refractivity contribution in [3.8, 4) is 0 Å². The van der Waals surface area contributed by atoms with Crippen LogP contribution in [-0.4, -0.2) is 90.2 Å². The fourth-order valence-corrected chi connectivity index (χ4v) is 5.18. The van der Waals surface area contributed by atoms with Crippen molar-refractivity contribution in [3.63, 3.8) is 0 Å². The molecule has 0 aromatic carbocycles. The molecule has 2 aliphatic rings. The van der Waals surface area contributed by atoms with Gasteiger partial charge < -0.3 is 35.2 Å². The molecule has 0 bridgehead atoms. The van der Waals surface area contributed by atoms with Gasteiger partial charge in [0.25, 0.3) is 5.91 Å². The number of carbonyl (C=O) groups excluding carboxylic acids is 1. The van der Waals surface area contributed by atoms with Crippen LogP contribution >= 0.6 is 39.3 Å². The number of allylic oxidation sites excluding steroid dienone is 1. The lowest BCUT2D eigenvalue weighted by Gasteiger charge is -2.39. The number of hydrazine groups is 1. The van der Waals surface area contributed by atoms with Crippen LogP contribution in [-0.2, 0) is 19.0 Å². The number of nitrogens with one attached hydrogen (secondary N) is 1. The zero-order valence-electron chi connectivity index (χ0n) is 20.0. The number of thioether (sulfide) groups is 1. The first kappa shape index (κ1) is 27.8. The Balaban J connectivity index is 1.83. The van der Waals surface area contributed by atoms with Crippen LogP contribution in [0.1, 0.15) is 6.92 Å². The quantitative estimate of drug-likeness (QED) is 0.197. The third-order valence-electron chi connectivity index (χ3n) is 5.30. The number of hydrogen-bond donors (Lipinski definition) is 3. The number of nitrogens with two attached hydrogens (primary N) is 2. The maximum absolute atomic E-state index is 12.8. The Hall–Kier alpha value is -1.74. The number of nitrogens with zero attached hydrogens (tertiary/aromatic N) is 4. The first-order valence-corrected chi connectivity index (χ1v) is 12.9. The minimum Gasteiger partial charge on any atom is -0.382 e. The minimum atomic E-state index is -0.507. The van der Waals surface area contributed by atoms with E-state index in [2.05, 4.69) is 26.3 Å². The Bertz CT molecular complexity index is 1000. The molecule has 1 aromatic rings. The second-order valence-electron chi connectivity index (χ2n) is 8.19. The Labute approximate surface area is 222 Å². The van der Waals surface area contributed by atoms with Crippen LogP contribution in [0.15, 0.2) is 39.6 Å². The van der Waals surface area contributed by atoms with E-state index in [0.717, 1.165) is 9.39 Å². The summed E-state index contributed by atoms with van der Waals surface area (Å²) in [6.45, 7) is 3.19. The largest absolute Gasteiger partial charge is 0.382 e. The second-order valence-corrected chi connectivity index (χ2v) is 10.7. The van der Waals surface area contributed by atoms with Gasteiger partial charge in [-0.15, -0.1) is 0 Å². The molecule has 5 N–H and O–H groups in total. The summed E-state index contributed by atoms with van der Waals surface area (Å²) in [5.74, 6) is 6.39. The van der Waals surface area contributed by atoms with Gasteiger partial charge in [0.1, 0.15) is 29.2 Å².